The van der Waals surface area contributed by atoms with Crippen LogP contribution in [0.3, 0.4) is 0 Å². The molecule has 22 heavy (non-hydrogen) atoms. The lowest BCUT2D eigenvalue weighted by molar-refractivity contribution is -0.661. The van der Waals surface area contributed by atoms with Crippen molar-refractivity contribution in [2.24, 2.45) is 0 Å². The molecule has 0 fully saturated rings. The summed E-state index contributed by atoms with van der Waals surface area (Å²) in [5.41, 5.74) is 7.13. The van der Waals surface area contributed by atoms with Gasteiger partial charge < -0.3 is 0 Å². The first-order chi connectivity index (χ1) is 10.9. The number of unbranched alkanes of at least 4 members (excludes halogenated alkanes) is 1. The van der Waals surface area contributed by atoms with E-state index in [2.05, 4.69) is 66.1 Å². The number of para-hydroxylation sites is 1. The fraction of sp³-hybridized carbons (Fsp3) is 0.286. The molecule has 0 atom stereocenters. The molecule has 2 aromatic carbocycles. The maximum absolute atomic E-state index is 2.49. The van der Waals surface area contributed by atoms with Crippen LogP contribution < -0.4 is 4.57 Å². The molecule has 0 amide bonds. The average Bonchev–Trinajstić information content (AvgIpc) is 2.59. The predicted molar refractivity (Wildman–Crippen MR) is 91.9 cm³/mol. The van der Waals surface area contributed by atoms with E-state index in [9.17, 15) is 0 Å². The molecular formula is C21H22N+. The molecule has 4 rings (SSSR count). The molecule has 1 aliphatic rings. The molecule has 0 N–H and O–H groups in total. The second-order valence-electron chi connectivity index (χ2n) is 6.27. The summed E-state index contributed by atoms with van der Waals surface area (Å²) in [6.07, 6.45) is 4.86. The lowest BCUT2D eigenvalue weighted by Gasteiger charge is -2.17. The fourth-order valence-electron chi connectivity index (χ4n) is 3.59. The standard InChI is InChI=1S/C21H22N/c1-2-3-6-16-9-10-17-13-14-22-20-8-5-4-7-18(20)11-12-21(22)19(17)15-16/h4-5,7-12,15H,2-3,6,13-14H2,1H3/q+1. The zero-order valence-corrected chi connectivity index (χ0v) is 13.2. The van der Waals surface area contributed by atoms with Gasteiger partial charge in [-0.15, -0.1) is 0 Å². The van der Waals surface area contributed by atoms with Gasteiger partial charge in [0.05, 0.1) is 0 Å². The zero-order chi connectivity index (χ0) is 14.9. The summed E-state index contributed by atoms with van der Waals surface area (Å²) >= 11 is 0. The van der Waals surface area contributed by atoms with Gasteiger partial charge in [0.15, 0.2) is 6.54 Å². The van der Waals surface area contributed by atoms with Crippen molar-refractivity contribution in [3.63, 3.8) is 0 Å². The van der Waals surface area contributed by atoms with Crippen LogP contribution in [0.1, 0.15) is 30.9 Å². The summed E-state index contributed by atoms with van der Waals surface area (Å²) < 4.78 is 2.49. The van der Waals surface area contributed by atoms with Gasteiger partial charge in [0.25, 0.3) is 0 Å². The van der Waals surface area contributed by atoms with Gasteiger partial charge in [-0.1, -0.05) is 37.6 Å². The Labute approximate surface area is 132 Å². The molecule has 0 unspecified atom stereocenters. The number of rotatable bonds is 3. The van der Waals surface area contributed by atoms with E-state index in [-0.39, 0.29) is 0 Å². The molecule has 1 aliphatic heterocycles. The molecule has 1 heteroatoms. The fourth-order valence-corrected chi connectivity index (χ4v) is 3.59. The normalized spacial score (nSPS) is 13.0. The number of hydrogen-bond acceptors (Lipinski definition) is 0. The van der Waals surface area contributed by atoms with Crippen LogP contribution in [-0.2, 0) is 19.4 Å². The van der Waals surface area contributed by atoms with Gasteiger partial charge in [0, 0.05) is 29.5 Å². The highest BCUT2D eigenvalue weighted by Crippen LogP contribution is 2.28. The first-order valence-corrected chi connectivity index (χ1v) is 8.40. The maximum Gasteiger partial charge on any atom is 0.213 e. The van der Waals surface area contributed by atoms with Crippen molar-refractivity contribution in [2.45, 2.75) is 39.2 Å². The molecule has 1 nitrogen and oxygen atoms in total. The van der Waals surface area contributed by atoms with Crippen LogP contribution in [0, 0.1) is 0 Å². The number of fused-ring (bicyclic) bond motifs is 5. The minimum absolute atomic E-state index is 1.08. The molecule has 3 aromatic rings. The molecule has 0 aliphatic carbocycles. The Morgan fingerprint density at radius 1 is 1.00 bits per heavy atom. The Bertz CT molecular complexity index is 832. The van der Waals surface area contributed by atoms with Crippen LogP contribution in [0.15, 0.2) is 54.6 Å². The number of aryl methyl sites for hydroxylation is 3. The second kappa shape index (κ2) is 5.57. The van der Waals surface area contributed by atoms with Gasteiger partial charge in [-0.05, 0) is 42.2 Å². The summed E-state index contributed by atoms with van der Waals surface area (Å²) in [5, 5.41) is 1.33. The van der Waals surface area contributed by atoms with Crippen molar-refractivity contribution < 1.29 is 4.57 Å². The SMILES string of the molecule is CCCCc1ccc2c(c1)-c1ccc3ccccc3[n+]1CC2. The van der Waals surface area contributed by atoms with E-state index in [1.807, 2.05) is 0 Å². The number of pyridine rings is 1. The van der Waals surface area contributed by atoms with E-state index in [0.717, 1.165) is 13.0 Å². The summed E-state index contributed by atoms with van der Waals surface area (Å²) in [4.78, 5) is 0. The van der Waals surface area contributed by atoms with Gasteiger partial charge in [-0.2, -0.15) is 4.57 Å². The van der Waals surface area contributed by atoms with Crippen LogP contribution in [0.2, 0.25) is 0 Å². The molecule has 2 heterocycles. The lowest BCUT2D eigenvalue weighted by Crippen LogP contribution is -2.41. The Morgan fingerprint density at radius 2 is 1.91 bits per heavy atom. The van der Waals surface area contributed by atoms with Crippen LogP contribution in [0.4, 0.5) is 0 Å². The van der Waals surface area contributed by atoms with Crippen molar-refractivity contribution in [2.75, 3.05) is 0 Å². The third-order valence-corrected chi connectivity index (χ3v) is 4.81. The Morgan fingerprint density at radius 3 is 2.82 bits per heavy atom. The van der Waals surface area contributed by atoms with Crippen LogP contribution in [0.25, 0.3) is 22.2 Å². The number of aromatic nitrogens is 1. The smallest absolute Gasteiger partial charge is 0.191 e. The number of nitrogens with zero attached hydrogens (tertiary/aromatic N) is 1. The third-order valence-electron chi connectivity index (χ3n) is 4.81. The zero-order valence-electron chi connectivity index (χ0n) is 13.2. The summed E-state index contributed by atoms with van der Waals surface area (Å²) in [5.74, 6) is 0. The second-order valence-corrected chi connectivity index (χ2v) is 6.27. The Hall–Kier alpha value is -2.15. The molecule has 0 spiro atoms. The predicted octanol–water partition coefficient (Wildman–Crippen LogP) is 4.69. The Balaban J connectivity index is 1.87. The van der Waals surface area contributed by atoms with Crippen molar-refractivity contribution in [1.82, 2.24) is 0 Å². The summed E-state index contributed by atoms with van der Waals surface area (Å²) in [6.45, 7) is 3.34. The van der Waals surface area contributed by atoms with Crippen molar-refractivity contribution in [3.05, 3.63) is 65.7 Å². The summed E-state index contributed by atoms with van der Waals surface area (Å²) in [6, 6.07) is 20.4. The van der Waals surface area contributed by atoms with E-state index in [1.165, 1.54) is 52.5 Å². The molecule has 0 saturated carbocycles. The first-order valence-electron chi connectivity index (χ1n) is 8.40. The van der Waals surface area contributed by atoms with E-state index in [0.29, 0.717) is 0 Å². The lowest BCUT2D eigenvalue weighted by atomic mass is 9.93. The van der Waals surface area contributed by atoms with Gasteiger partial charge >= 0.3 is 0 Å². The van der Waals surface area contributed by atoms with Crippen molar-refractivity contribution in [3.8, 4) is 11.3 Å². The largest absolute Gasteiger partial charge is 0.213 e. The highest BCUT2D eigenvalue weighted by atomic mass is 15.0. The van der Waals surface area contributed by atoms with Gasteiger partial charge in [0.1, 0.15) is 0 Å². The molecule has 0 saturated heterocycles. The first kappa shape index (κ1) is 13.5. The third kappa shape index (κ3) is 2.21. The number of benzene rings is 2. The van der Waals surface area contributed by atoms with E-state index in [4.69, 9.17) is 0 Å². The van der Waals surface area contributed by atoms with Gasteiger partial charge in [0.2, 0.25) is 11.2 Å². The van der Waals surface area contributed by atoms with Crippen molar-refractivity contribution in [1.29, 1.82) is 0 Å². The van der Waals surface area contributed by atoms with Crippen molar-refractivity contribution >= 4 is 10.9 Å². The quantitative estimate of drug-likeness (QED) is 0.615. The minimum atomic E-state index is 1.08. The Kier molecular flexibility index (Phi) is 3.42. The van der Waals surface area contributed by atoms with Crippen LogP contribution in [0.5, 0.6) is 0 Å². The summed E-state index contributed by atoms with van der Waals surface area (Å²) in [7, 11) is 0. The highest BCUT2D eigenvalue weighted by Gasteiger charge is 2.24. The molecule has 1 aromatic heterocycles. The van der Waals surface area contributed by atoms with Gasteiger partial charge in [-0.3, -0.25) is 0 Å². The van der Waals surface area contributed by atoms with E-state index in [1.54, 1.807) is 0 Å². The molecule has 0 radical (unpaired) electrons. The molecule has 110 valence electrons. The number of hydrogen-bond donors (Lipinski definition) is 0. The average molecular weight is 288 g/mol. The highest BCUT2D eigenvalue weighted by molar-refractivity contribution is 5.78. The minimum Gasteiger partial charge on any atom is -0.191 e. The van der Waals surface area contributed by atoms with Gasteiger partial charge in [-0.25, -0.2) is 0 Å². The topological polar surface area (TPSA) is 3.88 Å². The van der Waals surface area contributed by atoms with E-state index >= 15 is 0 Å². The molecule has 0 bridgehead atoms. The monoisotopic (exact) mass is 288 g/mol. The van der Waals surface area contributed by atoms with E-state index < -0.39 is 0 Å². The maximum atomic E-state index is 2.49. The van der Waals surface area contributed by atoms with Crippen LogP contribution >= 0.6 is 0 Å². The van der Waals surface area contributed by atoms with Crippen LogP contribution in [-0.4, -0.2) is 0 Å². The molecular weight excluding hydrogens is 266 g/mol.